The average Bonchev–Trinajstić information content (AvgIpc) is 2.08. The second kappa shape index (κ2) is 7.58. The molecule has 5 heteroatoms. The van der Waals surface area contributed by atoms with E-state index in [1.165, 1.54) is 18.9 Å². The molecular weight excluding hydrogens is 204 g/mol. The lowest BCUT2D eigenvalue weighted by molar-refractivity contribution is 0.356. The molecule has 82 valence electrons. The largest absolute Gasteiger partial charge is 0.445 e. The lowest BCUT2D eigenvalue weighted by atomic mass is 10.2. The van der Waals surface area contributed by atoms with Crippen molar-refractivity contribution in [3.63, 3.8) is 0 Å². The minimum absolute atomic E-state index is 0.922. The zero-order valence-electron chi connectivity index (χ0n) is 8.22. The van der Waals surface area contributed by atoms with Gasteiger partial charge in [0.15, 0.2) is 0 Å². The summed E-state index contributed by atoms with van der Waals surface area (Å²) in [5.41, 5.74) is 0. The van der Waals surface area contributed by atoms with Gasteiger partial charge in [-0.15, -0.1) is 0 Å². The van der Waals surface area contributed by atoms with E-state index in [0.717, 1.165) is 19.1 Å². The van der Waals surface area contributed by atoms with E-state index in [4.69, 9.17) is 4.55 Å². The van der Waals surface area contributed by atoms with Gasteiger partial charge >= 0.3 is 10.4 Å². The standard InChI is InChI=1S/C9H16O4S/c1-2-3-4-5-6-7-8-9-13-14(10,11)12/h6-9H,2-5H2,1H3,(H,10,11,12)/b7-6+,9-8+. The molecule has 0 aromatic heterocycles. The molecule has 0 bridgehead atoms. The highest BCUT2D eigenvalue weighted by Gasteiger charge is 1.97. The Morgan fingerprint density at radius 3 is 2.57 bits per heavy atom. The summed E-state index contributed by atoms with van der Waals surface area (Å²) in [4.78, 5) is 0. The van der Waals surface area contributed by atoms with Crippen LogP contribution in [0.25, 0.3) is 0 Å². The van der Waals surface area contributed by atoms with Gasteiger partial charge in [0, 0.05) is 0 Å². The molecule has 0 aromatic rings. The molecule has 0 fully saturated rings. The summed E-state index contributed by atoms with van der Waals surface area (Å²) in [6, 6.07) is 0. The molecule has 0 atom stereocenters. The van der Waals surface area contributed by atoms with Crippen molar-refractivity contribution in [3.8, 4) is 0 Å². The van der Waals surface area contributed by atoms with Gasteiger partial charge < -0.3 is 4.18 Å². The predicted molar refractivity (Wildman–Crippen MR) is 55.1 cm³/mol. The van der Waals surface area contributed by atoms with E-state index in [1.807, 2.05) is 6.08 Å². The quantitative estimate of drug-likeness (QED) is 0.310. The van der Waals surface area contributed by atoms with Crippen molar-refractivity contribution >= 4 is 10.4 Å². The minimum Gasteiger partial charge on any atom is -0.370 e. The third-order valence-corrected chi connectivity index (χ3v) is 1.83. The van der Waals surface area contributed by atoms with E-state index in [0.29, 0.717) is 0 Å². The van der Waals surface area contributed by atoms with Crippen LogP contribution in [0.4, 0.5) is 0 Å². The van der Waals surface area contributed by atoms with Crippen molar-refractivity contribution in [2.75, 3.05) is 0 Å². The van der Waals surface area contributed by atoms with Gasteiger partial charge in [0.1, 0.15) is 6.26 Å². The molecule has 0 aromatic carbocycles. The van der Waals surface area contributed by atoms with Gasteiger partial charge in [-0.25, -0.2) is 0 Å². The minimum atomic E-state index is -4.35. The molecule has 0 amide bonds. The van der Waals surface area contributed by atoms with Gasteiger partial charge in [-0.2, -0.15) is 8.42 Å². The first-order valence-corrected chi connectivity index (χ1v) is 5.90. The molecule has 1 N–H and O–H groups in total. The molecule has 0 aliphatic carbocycles. The van der Waals surface area contributed by atoms with E-state index in [9.17, 15) is 8.42 Å². The Labute approximate surface area is 85.2 Å². The fraction of sp³-hybridized carbons (Fsp3) is 0.556. The van der Waals surface area contributed by atoms with Crippen LogP contribution in [-0.4, -0.2) is 13.0 Å². The maximum Gasteiger partial charge on any atom is 0.445 e. The van der Waals surface area contributed by atoms with Crippen LogP contribution in [0, 0.1) is 0 Å². The fourth-order valence-electron chi connectivity index (χ4n) is 0.835. The summed E-state index contributed by atoms with van der Waals surface area (Å²) in [6.45, 7) is 2.13. The van der Waals surface area contributed by atoms with Crippen LogP contribution >= 0.6 is 0 Å². The van der Waals surface area contributed by atoms with Gasteiger partial charge in [0.25, 0.3) is 0 Å². The summed E-state index contributed by atoms with van der Waals surface area (Å²) in [5.74, 6) is 0. The topological polar surface area (TPSA) is 63.6 Å². The van der Waals surface area contributed by atoms with E-state index in [-0.39, 0.29) is 0 Å². The summed E-state index contributed by atoms with van der Waals surface area (Å²) < 4.78 is 32.2. The van der Waals surface area contributed by atoms with E-state index >= 15 is 0 Å². The monoisotopic (exact) mass is 220 g/mol. The highest BCUT2D eigenvalue weighted by Crippen LogP contribution is 1.99. The maximum atomic E-state index is 10.1. The van der Waals surface area contributed by atoms with Gasteiger partial charge in [0.05, 0.1) is 0 Å². The number of allylic oxidation sites excluding steroid dienone is 3. The fourth-order valence-corrected chi connectivity index (χ4v) is 1.04. The van der Waals surface area contributed by atoms with Crippen molar-refractivity contribution < 1.29 is 17.2 Å². The Kier molecular flexibility index (Phi) is 7.14. The first-order valence-electron chi connectivity index (χ1n) is 4.53. The Balaban J connectivity index is 3.52. The van der Waals surface area contributed by atoms with Gasteiger partial charge in [0.2, 0.25) is 0 Å². The lowest BCUT2D eigenvalue weighted by Crippen LogP contribution is -1.96. The highest BCUT2D eigenvalue weighted by molar-refractivity contribution is 7.81. The summed E-state index contributed by atoms with van der Waals surface area (Å²) >= 11 is 0. The van der Waals surface area contributed by atoms with Crippen molar-refractivity contribution in [1.29, 1.82) is 0 Å². The average molecular weight is 220 g/mol. The smallest absolute Gasteiger partial charge is 0.370 e. The zero-order valence-corrected chi connectivity index (χ0v) is 9.03. The van der Waals surface area contributed by atoms with Crippen molar-refractivity contribution in [2.45, 2.75) is 32.6 Å². The molecule has 0 radical (unpaired) electrons. The van der Waals surface area contributed by atoms with Crippen molar-refractivity contribution in [3.05, 3.63) is 24.5 Å². The van der Waals surface area contributed by atoms with E-state index < -0.39 is 10.4 Å². The number of rotatable bonds is 7. The van der Waals surface area contributed by atoms with Gasteiger partial charge in [-0.1, -0.05) is 31.9 Å². The molecule has 0 saturated carbocycles. The van der Waals surface area contributed by atoms with Gasteiger partial charge in [-0.05, 0) is 18.9 Å². The highest BCUT2D eigenvalue weighted by atomic mass is 32.3. The summed E-state index contributed by atoms with van der Waals surface area (Å²) in [5, 5.41) is 0. The normalized spacial score (nSPS) is 12.7. The third-order valence-electron chi connectivity index (χ3n) is 1.48. The summed E-state index contributed by atoms with van der Waals surface area (Å²) in [6.07, 6.45) is 10.4. The van der Waals surface area contributed by atoms with Crippen molar-refractivity contribution in [2.24, 2.45) is 0 Å². The van der Waals surface area contributed by atoms with Crippen LogP contribution in [0.5, 0.6) is 0 Å². The van der Waals surface area contributed by atoms with Gasteiger partial charge in [-0.3, -0.25) is 4.55 Å². The molecule has 0 aliphatic heterocycles. The number of unbranched alkanes of at least 4 members (excludes halogenated alkanes) is 3. The Morgan fingerprint density at radius 2 is 2.00 bits per heavy atom. The molecular formula is C9H16O4S. The lowest BCUT2D eigenvalue weighted by Gasteiger charge is -1.91. The van der Waals surface area contributed by atoms with E-state index in [2.05, 4.69) is 11.1 Å². The SMILES string of the molecule is CCCCC/C=C/C=C/OS(=O)(=O)O. The number of hydrogen-bond donors (Lipinski definition) is 1. The van der Waals surface area contributed by atoms with Crippen LogP contribution in [-0.2, 0) is 14.6 Å². The third kappa shape index (κ3) is 11.2. The second-order valence-electron chi connectivity index (χ2n) is 2.78. The molecule has 0 heterocycles. The first kappa shape index (κ1) is 13.2. The predicted octanol–water partition coefficient (Wildman–Crippen LogP) is 2.46. The van der Waals surface area contributed by atoms with Crippen LogP contribution in [0.2, 0.25) is 0 Å². The second-order valence-corrected chi connectivity index (χ2v) is 3.82. The zero-order chi connectivity index (χ0) is 10.9. The molecule has 0 saturated heterocycles. The Hall–Kier alpha value is -0.810. The van der Waals surface area contributed by atoms with Crippen LogP contribution in [0.15, 0.2) is 24.5 Å². The first-order chi connectivity index (χ1) is 6.56. The summed E-state index contributed by atoms with van der Waals surface area (Å²) in [7, 11) is -4.35. The number of hydrogen-bond acceptors (Lipinski definition) is 3. The Morgan fingerprint density at radius 1 is 1.29 bits per heavy atom. The molecule has 0 unspecified atom stereocenters. The van der Waals surface area contributed by atoms with Crippen LogP contribution < -0.4 is 0 Å². The van der Waals surface area contributed by atoms with E-state index in [1.54, 1.807) is 6.08 Å². The van der Waals surface area contributed by atoms with Crippen molar-refractivity contribution in [1.82, 2.24) is 0 Å². The Bertz CT molecular complexity index is 277. The molecule has 0 spiro atoms. The molecule has 14 heavy (non-hydrogen) atoms. The molecule has 0 rings (SSSR count). The van der Waals surface area contributed by atoms with Crippen LogP contribution in [0.3, 0.4) is 0 Å². The molecule has 4 nitrogen and oxygen atoms in total. The van der Waals surface area contributed by atoms with Crippen LogP contribution in [0.1, 0.15) is 32.6 Å². The maximum absolute atomic E-state index is 10.1. The molecule has 0 aliphatic rings.